The third kappa shape index (κ3) is 3.70. The van der Waals surface area contributed by atoms with Crippen LogP contribution in [0, 0.1) is 0 Å². The van der Waals surface area contributed by atoms with Gasteiger partial charge in [-0.05, 0) is 31.2 Å². The average molecular weight is 317 g/mol. The number of nitrogens with one attached hydrogen (secondary N) is 2. The summed E-state index contributed by atoms with van der Waals surface area (Å²) in [5.41, 5.74) is 5.22. The lowest BCUT2D eigenvalue weighted by atomic mass is 9.99. The van der Waals surface area contributed by atoms with Crippen LogP contribution in [0.5, 0.6) is 0 Å². The summed E-state index contributed by atoms with van der Waals surface area (Å²) in [6, 6.07) is 6.23. The highest BCUT2D eigenvalue weighted by Crippen LogP contribution is 2.19. The van der Waals surface area contributed by atoms with E-state index in [0.717, 1.165) is 0 Å². The molecule has 2 rings (SSSR count). The molecule has 0 saturated carbocycles. The molecule has 0 spiro atoms. The molecule has 0 radical (unpaired) electrons. The summed E-state index contributed by atoms with van der Waals surface area (Å²) in [5.74, 6) is -0.448. The number of rotatable bonds is 3. The van der Waals surface area contributed by atoms with Crippen LogP contribution in [0.25, 0.3) is 0 Å². The van der Waals surface area contributed by atoms with Crippen LogP contribution in [0.4, 0.5) is 0 Å². The Morgan fingerprint density at radius 3 is 2.38 bits per heavy atom. The first-order valence-electron chi connectivity index (χ1n) is 6.41. The fourth-order valence-electron chi connectivity index (χ4n) is 1.98. The molecule has 8 heteroatoms. The van der Waals surface area contributed by atoms with Crippen molar-refractivity contribution in [1.29, 1.82) is 0 Å². The van der Waals surface area contributed by atoms with Gasteiger partial charge in [-0.3, -0.25) is 10.2 Å². The number of hydrazine groups is 1. The number of carbonyl (C=O) groups is 1. The van der Waals surface area contributed by atoms with Crippen LogP contribution in [0.3, 0.4) is 0 Å². The fraction of sp³-hybridized carbons (Fsp3) is 0.462. The molecule has 1 amide bonds. The molecule has 0 unspecified atom stereocenters. The normalized spacial score (nSPS) is 32.7. The predicted octanol–water partition coefficient (Wildman–Crippen LogP) is -0.598. The molecule has 1 aromatic carbocycles. The molecule has 0 aliphatic carbocycles. The van der Waals surface area contributed by atoms with Crippen molar-refractivity contribution < 1.29 is 24.9 Å². The van der Waals surface area contributed by atoms with Crippen LogP contribution in [0.1, 0.15) is 17.3 Å². The van der Waals surface area contributed by atoms with Crippen molar-refractivity contribution in [2.45, 2.75) is 37.6 Å². The molecule has 1 aliphatic heterocycles. The van der Waals surface area contributed by atoms with Gasteiger partial charge in [0.05, 0.1) is 6.10 Å². The maximum atomic E-state index is 11.9. The molecule has 116 valence electrons. The summed E-state index contributed by atoms with van der Waals surface area (Å²) in [6.45, 7) is 1.55. The molecular formula is C13H17ClN2O5. The minimum atomic E-state index is -1.37. The van der Waals surface area contributed by atoms with E-state index in [1.165, 1.54) is 0 Å². The molecule has 1 heterocycles. The first-order valence-corrected chi connectivity index (χ1v) is 6.79. The highest BCUT2D eigenvalue weighted by Gasteiger charge is 2.41. The van der Waals surface area contributed by atoms with Gasteiger partial charge in [0.1, 0.15) is 18.3 Å². The average Bonchev–Trinajstić information content (AvgIpc) is 2.48. The third-order valence-corrected chi connectivity index (χ3v) is 3.54. The van der Waals surface area contributed by atoms with Gasteiger partial charge in [-0.1, -0.05) is 11.6 Å². The van der Waals surface area contributed by atoms with Gasteiger partial charge < -0.3 is 20.1 Å². The Balaban J connectivity index is 1.93. The minimum absolute atomic E-state index is 0.367. The number of aliphatic hydroxyl groups excluding tert-OH is 3. The summed E-state index contributed by atoms with van der Waals surface area (Å²) in [4.78, 5) is 11.9. The smallest absolute Gasteiger partial charge is 0.265 e. The van der Waals surface area contributed by atoms with E-state index in [-0.39, 0.29) is 0 Å². The number of benzene rings is 1. The molecule has 1 aromatic rings. The molecule has 5 N–H and O–H groups in total. The second kappa shape index (κ2) is 6.69. The largest absolute Gasteiger partial charge is 0.388 e. The Labute approximate surface area is 126 Å². The Morgan fingerprint density at radius 2 is 1.76 bits per heavy atom. The quantitative estimate of drug-likeness (QED) is 0.476. The summed E-state index contributed by atoms with van der Waals surface area (Å²) < 4.78 is 5.28. The zero-order chi connectivity index (χ0) is 15.6. The standard InChI is InChI=1S/C13H17ClN2O5/c1-6-9(17)10(18)11(19)13(21-6)16-15-12(20)7-2-4-8(14)5-3-7/h2-6,9-11,13,16-19H,1H3,(H,15,20)/t6-,9-,10+,11+,13-/m1/s1. The zero-order valence-corrected chi connectivity index (χ0v) is 12.0. The fourth-order valence-corrected chi connectivity index (χ4v) is 2.11. The van der Waals surface area contributed by atoms with Gasteiger partial charge in [-0.25, -0.2) is 5.43 Å². The molecule has 0 aromatic heterocycles. The number of halogens is 1. The number of amides is 1. The Morgan fingerprint density at radius 1 is 1.14 bits per heavy atom. The van der Waals surface area contributed by atoms with Gasteiger partial charge in [-0.2, -0.15) is 0 Å². The molecule has 5 atom stereocenters. The lowest BCUT2D eigenvalue weighted by Crippen LogP contribution is -2.63. The predicted molar refractivity (Wildman–Crippen MR) is 74.4 cm³/mol. The van der Waals surface area contributed by atoms with Crippen LogP contribution in [-0.4, -0.2) is 51.9 Å². The van der Waals surface area contributed by atoms with Crippen LogP contribution in [0.2, 0.25) is 5.02 Å². The van der Waals surface area contributed by atoms with E-state index in [1.807, 2.05) is 0 Å². The van der Waals surface area contributed by atoms with Crippen molar-refractivity contribution in [3.8, 4) is 0 Å². The summed E-state index contributed by atoms with van der Waals surface area (Å²) in [5, 5.41) is 29.5. The van der Waals surface area contributed by atoms with Crippen LogP contribution < -0.4 is 10.9 Å². The molecular weight excluding hydrogens is 300 g/mol. The van der Waals surface area contributed by atoms with E-state index in [4.69, 9.17) is 16.3 Å². The van der Waals surface area contributed by atoms with E-state index in [9.17, 15) is 20.1 Å². The Kier molecular flexibility index (Phi) is 5.15. The van der Waals surface area contributed by atoms with Gasteiger partial charge in [0.15, 0.2) is 6.23 Å². The number of aliphatic hydroxyl groups is 3. The van der Waals surface area contributed by atoms with Crippen LogP contribution in [0.15, 0.2) is 24.3 Å². The zero-order valence-electron chi connectivity index (χ0n) is 11.2. The van der Waals surface area contributed by atoms with Gasteiger partial charge in [0.25, 0.3) is 5.91 Å². The lowest BCUT2D eigenvalue weighted by molar-refractivity contribution is -0.226. The number of ether oxygens (including phenoxy) is 1. The highest BCUT2D eigenvalue weighted by molar-refractivity contribution is 6.30. The van der Waals surface area contributed by atoms with E-state index in [1.54, 1.807) is 31.2 Å². The highest BCUT2D eigenvalue weighted by atomic mass is 35.5. The van der Waals surface area contributed by atoms with E-state index in [0.29, 0.717) is 10.6 Å². The summed E-state index contributed by atoms with van der Waals surface area (Å²) in [7, 11) is 0. The maximum absolute atomic E-state index is 11.9. The van der Waals surface area contributed by atoms with Gasteiger partial charge >= 0.3 is 0 Å². The van der Waals surface area contributed by atoms with E-state index >= 15 is 0 Å². The second-order valence-electron chi connectivity index (χ2n) is 4.84. The third-order valence-electron chi connectivity index (χ3n) is 3.29. The van der Waals surface area contributed by atoms with Crippen molar-refractivity contribution in [1.82, 2.24) is 10.9 Å². The van der Waals surface area contributed by atoms with E-state index < -0.39 is 36.6 Å². The van der Waals surface area contributed by atoms with Gasteiger partial charge in [-0.15, -0.1) is 0 Å². The molecule has 21 heavy (non-hydrogen) atoms. The first kappa shape index (κ1) is 16.2. The van der Waals surface area contributed by atoms with Gasteiger partial charge in [0.2, 0.25) is 0 Å². The molecule has 7 nitrogen and oxygen atoms in total. The van der Waals surface area contributed by atoms with Crippen molar-refractivity contribution in [2.24, 2.45) is 0 Å². The number of hydrogen-bond acceptors (Lipinski definition) is 6. The van der Waals surface area contributed by atoms with Crippen molar-refractivity contribution >= 4 is 17.5 Å². The van der Waals surface area contributed by atoms with Crippen LogP contribution >= 0.6 is 11.6 Å². The molecule has 0 bridgehead atoms. The maximum Gasteiger partial charge on any atom is 0.265 e. The van der Waals surface area contributed by atoms with Crippen LogP contribution in [-0.2, 0) is 4.74 Å². The minimum Gasteiger partial charge on any atom is -0.388 e. The number of hydrogen-bond donors (Lipinski definition) is 5. The second-order valence-corrected chi connectivity index (χ2v) is 5.28. The Bertz CT molecular complexity index is 498. The topological polar surface area (TPSA) is 111 Å². The van der Waals surface area contributed by atoms with Crippen molar-refractivity contribution in [2.75, 3.05) is 0 Å². The molecule has 1 fully saturated rings. The Hall–Kier alpha value is -1.22. The number of carbonyl (C=O) groups excluding carboxylic acids is 1. The summed E-state index contributed by atoms with van der Waals surface area (Å²) >= 11 is 5.73. The van der Waals surface area contributed by atoms with Crippen molar-refractivity contribution in [3.05, 3.63) is 34.9 Å². The monoisotopic (exact) mass is 316 g/mol. The molecule has 1 saturated heterocycles. The summed E-state index contributed by atoms with van der Waals surface area (Å²) in [6.07, 6.45) is -5.64. The molecule has 1 aliphatic rings. The van der Waals surface area contributed by atoms with Crippen molar-refractivity contribution in [3.63, 3.8) is 0 Å². The van der Waals surface area contributed by atoms with Gasteiger partial charge in [0, 0.05) is 10.6 Å². The first-order chi connectivity index (χ1) is 9.90. The SMILES string of the molecule is C[C@H]1O[C@@H](NNC(=O)c2ccc(Cl)cc2)[C@@H](O)[C@@H](O)[C@@H]1O. The van der Waals surface area contributed by atoms with E-state index in [2.05, 4.69) is 10.9 Å². The lowest BCUT2D eigenvalue weighted by Gasteiger charge is -2.39.